The van der Waals surface area contributed by atoms with E-state index in [2.05, 4.69) is 0 Å². The Labute approximate surface area is 24.2 Å². The maximum atomic E-state index is 7.39. The predicted octanol–water partition coefficient (Wildman–Crippen LogP) is -0.619. The van der Waals surface area contributed by atoms with Crippen molar-refractivity contribution >= 4 is 6.21 Å². The second-order valence-electron chi connectivity index (χ2n) is 0.258. The Morgan fingerprint density at radius 3 is 2.00 bits per heavy atom. The highest BCUT2D eigenvalue weighted by Crippen LogP contribution is 1.17. The second kappa shape index (κ2) is 2.16. The van der Waals surface area contributed by atoms with Crippen molar-refractivity contribution in [2.45, 2.75) is 0 Å². The van der Waals surface area contributed by atoms with Crippen LogP contribution in [0.15, 0.2) is 0 Å². The van der Waals surface area contributed by atoms with Crippen LogP contribution < -0.4 is 5.41 Å². The second-order valence-corrected chi connectivity index (χ2v) is 0.258. The van der Waals surface area contributed by atoms with Gasteiger partial charge >= 0.3 is 0 Å². The Kier molecular flexibility index (Phi) is 1.71. The number of rotatable bonds is 0. The Balaban J connectivity index is 2.92. The van der Waals surface area contributed by atoms with E-state index in [4.69, 9.17) is 10.7 Å². The van der Waals surface area contributed by atoms with E-state index in [1.807, 2.05) is 0 Å². The van der Waals surface area contributed by atoms with Crippen molar-refractivity contribution in [2.75, 3.05) is 0 Å². The van der Waals surface area contributed by atoms with Gasteiger partial charge in [0.15, 0.2) is 0 Å². The zero-order valence-corrected chi connectivity index (χ0v) is 1.97. The van der Waals surface area contributed by atoms with Gasteiger partial charge in [0.2, 0.25) is 0 Å². The molecule has 0 fully saturated rings. The molecule has 0 aliphatic heterocycles. The lowest BCUT2D eigenvalue weighted by Gasteiger charge is -1.26. The van der Waals surface area contributed by atoms with Crippen molar-refractivity contribution in [3.8, 4) is 6.07 Å². The van der Waals surface area contributed by atoms with E-state index in [1.165, 1.54) is 6.07 Å². The summed E-state index contributed by atoms with van der Waals surface area (Å²) in [4.78, 5) is 0. The first kappa shape index (κ1) is 3.16. The maximum Gasteiger partial charge on any atom is 0.127 e. The smallest absolute Gasteiger partial charge is 0.127 e. The molecule has 0 aromatic rings. The van der Waals surface area contributed by atoms with Gasteiger partial charge in [0.05, 0.1) is 0 Å². The summed E-state index contributed by atoms with van der Waals surface area (Å²) < 4.78 is 0. The van der Waals surface area contributed by atoms with Gasteiger partial charge < -0.3 is 0 Å². The summed E-state index contributed by atoms with van der Waals surface area (Å²) in [6, 6.07) is 1.36. The van der Waals surface area contributed by atoms with Crippen molar-refractivity contribution in [1.29, 1.82) is 5.26 Å². The molecule has 0 saturated carbocycles. The van der Waals surface area contributed by atoms with Crippen LogP contribution >= 0.6 is 0 Å². The average molecular weight is 53.0 g/mol. The Morgan fingerprint density at radius 1 is 1.75 bits per heavy atom. The minimum absolute atomic E-state index is 0.431. The van der Waals surface area contributed by atoms with E-state index in [1.54, 1.807) is 0 Å². The molecule has 0 amide bonds. The fraction of sp³-hybridized carbons (Fsp3) is 0. The molecule has 0 aromatic heterocycles. The molecule has 0 heterocycles. The lowest BCUT2D eigenvalue weighted by molar-refractivity contribution is 1.55. The molecule has 0 bridgehead atoms. The predicted molar refractivity (Wildman–Crippen MR) is 13.8 cm³/mol. The van der Waals surface area contributed by atoms with Crippen molar-refractivity contribution < 1.29 is 0 Å². The Hall–Kier alpha value is -0.840. The van der Waals surface area contributed by atoms with Crippen LogP contribution in [-0.2, 0) is 0 Å². The molecule has 0 aliphatic rings. The van der Waals surface area contributed by atoms with Gasteiger partial charge in [0.1, 0.15) is 12.3 Å². The third-order valence-corrected chi connectivity index (χ3v) is 0.0577. The molecule has 0 aromatic carbocycles. The maximum absolute atomic E-state index is 7.39. The van der Waals surface area contributed by atoms with Crippen LogP contribution in [0.5, 0.6) is 0 Å². The lowest BCUT2D eigenvalue weighted by Crippen LogP contribution is -1.52. The standard InChI is InChI=1S/C2HN2/c3-1-2-4/h1H. The van der Waals surface area contributed by atoms with E-state index in [-0.39, 0.29) is 0 Å². The summed E-state index contributed by atoms with van der Waals surface area (Å²) in [5.41, 5.74) is 0. The van der Waals surface area contributed by atoms with Gasteiger partial charge in [-0.15, -0.1) is 5.41 Å². The fourth-order valence-corrected chi connectivity index (χ4v) is 0. The molecular formula is C2HN2. The lowest BCUT2D eigenvalue weighted by atomic mass is 10.9. The van der Waals surface area contributed by atoms with Crippen LogP contribution in [0.1, 0.15) is 0 Å². The first-order valence-electron chi connectivity index (χ1n) is 0.770. The van der Waals surface area contributed by atoms with Gasteiger partial charge in [0.25, 0.3) is 0 Å². The SMILES string of the molecule is [N]=CC#N. The van der Waals surface area contributed by atoms with Crippen LogP contribution in [0.3, 0.4) is 0 Å². The number of hydrogen-bond acceptors (Lipinski definition) is 1. The third-order valence-electron chi connectivity index (χ3n) is 0.0577. The molecule has 2 nitrogen and oxygen atoms in total. The van der Waals surface area contributed by atoms with Gasteiger partial charge in [0, 0.05) is 0 Å². The van der Waals surface area contributed by atoms with Crippen LogP contribution in [0, 0.1) is 11.3 Å². The first-order valence-corrected chi connectivity index (χ1v) is 0.770. The molecule has 0 N–H and O–H groups in total. The number of hydrogen-bond donors (Lipinski definition) is 0. The molecule has 0 atom stereocenters. The van der Waals surface area contributed by atoms with Gasteiger partial charge in [-0.3, -0.25) is 0 Å². The average Bonchev–Trinajstić information content (AvgIpc) is 1.37. The van der Waals surface area contributed by atoms with E-state index in [9.17, 15) is 0 Å². The van der Waals surface area contributed by atoms with Crippen LogP contribution in [0.2, 0.25) is 0 Å². The highest BCUT2D eigenvalue weighted by atomic mass is 14.3. The van der Waals surface area contributed by atoms with Crippen LogP contribution in [0.25, 0.3) is 0 Å². The Bertz CT molecular complexity index is 49.5. The summed E-state index contributed by atoms with van der Waals surface area (Å²) in [6.45, 7) is 0. The molecule has 0 saturated heterocycles. The summed E-state index contributed by atoms with van der Waals surface area (Å²) >= 11 is 0. The molecule has 0 spiro atoms. The van der Waals surface area contributed by atoms with Crippen molar-refractivity contribution in [3.05, 3.63) is 0 Å². The zero-order valence-electron chi connectivity index (χ0n) is 1.97. The van der Waals surface area contributed by atoms with Crippen LogP contribution in [0.4, 0.5) is 0 Å². The monoisotopic (exact) mass is 53.0 g/mol. The summed E-state index contributed by atoms with van der Waals surface area (Å²) in [7, 11) is 0. The van der Waals surface area contributed by atoms with E-state index < -0.39 is 0 Å². The van der Waals surface area contributed by atoms with E-state index >= 15 is 0 Å². The van der Waals surface area contributed by atoms with Gasteiger partial charge in [-0.05, 0) is 0 Å². The van der Waals surface area contributed by atoms with Gasteiger partial charge in [-0.2, -0.15) is 5.26 Å². The molecule has 2 heteroatoms. The number of nitrogens with zero attached hydrogens (tertiary/aromatic N) is 2. The van der Waals surface area contributed by atoms with Crippen molar-refractivity contribution in [1.82, 2.24) is 5.41 Å². The zero-order chi connectivity index (χ0) is 3.41. The highest BCUT2D eigenvalue weighted by molar-refractivity contribution is 5.72. The normalized spacial score (nSPS) is 3.75. The van der Waals surface area contributed by atoms with E-state index in [0.717, 1.165) is 0 Å². The Morgan fingerprint density at radius 2 is 2.00 bits per heavy atom. The van der Waals surface area contributed by atoms with Crippen molar-refractivity contribution in [2.24, 2.45) is 0 Å². The minimum Gasteiger partial charge on any atom is -0.191 e. The summed E-state index contributed by atoms with van der Waals surface area (Å²) in [6.07, 6.45) is 0.431. The van der Waals surface area contributed by atoms with Crippen LogP contribution in [-0.4, -0.2) is 6.21 Å². The third kappa shape index (κ3) is 1.16. The molecule has 1 radical (unpaired) electrons. The molecule has 4 heavy (non-hydrogen) atoms. The largest absolute Gasteiger partial charge is 0.191 e. The highest BCUT2D eigenvalue weighted by Gasteiger charge is 1.39. The van der Waals surface area contributed by atoms with E-state index in [0.29, 0.717) is 6.21 Å². The molecule has 0 unspecified atom stereocenters. The first-order chi connectivity index (χ1) is 1.91. The summed E-state index contributed by atoms with van der Waals surface area (Å²) in [5, 5.41) is 14.7. The van der Waals surface area contributed by atoms with Gasteiger partial charge in [-0.1, -0.05) is 0 Å². The topological polar surface area (TPSA) is 46.1 Å². The molecule has 0 aliphatic carbocycles. The quantitative estimate of drug-likeness (QED) is 0.339. The molecule has 0 rings (SSSR count). The summed E-state index contributed by atoms with van der Waals surface area (Å²) in [5.74, 6) is 0. The number of nitriles is 1. The van der Waals surface area contributed by atoms with Gasteiger partial charge in [-0.25, -0.2) is 0 Å². The minimum atomic E-state index is 0.431. The van der Waals surface area contributed by atoms with Crippen molar-refractivity contribution in [3.63, 3.8) is 0 Å². The molecule has 19 valence electrons. The fourth-order valence-electron chi connectivity index (χ4n) is 0. The molecular weight excluding hydrogens is 52.0 g/mol.